The topological polar surface area (TPSA) is 58.0 Å². The number of aliphatic hydroxyl groups is 1. The number of nitrogens with zero attached hydrogens (tertiary/aromatic N) is 2. The predicted molar refractivity (Wildman–Crippen MR) is 93.3 cm³/mol. The van der Waals surface area contributed by atoms with Gasteiger partial charge in [-0.05, 0) is 63.4 Å². The highest BCUT2D eigenvalue weighted by atomic mass is 32.1. The number of thiophene rings is 1. The van der Waals surface area contributed by atoms with E-state index in [2.05, 4.69) is 5.32 Å². The zero-order valence-corrected chi connectivity index (χ0v) is 14.2. The number of aromatic nitrogens is 2. The van der Waals surface area contributed by atoms with Crippen LogP contribution in [0.3, 0.4) is 0 Å². The molecule has 2 heterocycles. The maximum Gasteiger partial charge on any atom is 0.138 e. The number of hydrogen-bond donors (Lipinski definition) is 2. The van der Waals surface area contributed by atoms with Crippen molar-refractivity contribution < 1.29 is 5.11 Å². The SMILES string of the molecule is OC1(CNc2nc(C3CC3)nc3sc4c(c23)CCCC4)CCC1. The molecule has 2 aromatic heterocycles. The smallest absolute Gasteiger partial charge is 0.138 e. The van der Waals surface area contributed by atoms with Gasteiger partial charge in [-0.2, -0.15) is 0 Å². The average molecular weight is 329 g/mol. The van der Waals surface area contributed by atoms with Gasteiger partial charge in [-0.15, -0.1) is 11.3 Å². The molecule has 5 heteroatoms. The Morgan fingerprint density at radius 1 is 1.13 bits per heavy atom. The summed E-state index contributed by atoms with van der Waals surface area (Å²) in [5.41, 5.74) is 0.953. The molecule has 23 heavy (non-hydrogen) atoms. The molecule has 3 aliphatic carbocycles. The van der Waals surface area contributed by atoms with E-state index in [0.717, 1.165) is 42.2 Å². The summed E-state index contributed by atoms with van der Waals surface area (Å²) in [4.78, 5) is 12.4. The summed E-state index contributed by atoms with van der Waals surface area (Å²) < 4.78 is 0. The molecule has 0 radical (unpaired) electrons. The minimum absolute atomic E-state index is 0.521. The van der Waals surface area contributed by atoms with Crippen LogP contribution in [-0.2, 0) is 12.8 Å². The monoisotopic (exact) mass is 329 g/mol. The van der Waals surface area contributed by atoms with Crippen LogP contribution in [0.2, 0.25) is 0 Å². The summed E-state index contributed by atoms with van der Waals surface area (Å²) in [5.74, 6) is 2.56. The van der Waals surface area contributed by atoms with E-state index in [9.17, 15) is 5.11 Å². The Morgan fingerprint density at radius 2 is 1.96 bits per heavy atom. The van der Waals surface area contributed by atoms with Gasteiger partial charge in [0.15, 0.2) is 0 Å². The first-order chi connectivity index (χ1) is 11.2. The molecule has 4 nitrogen and oxygen atoms in total. The van der Waals surface area contributed by atoms with Crippen LogP contribution in [0.1, 0.15) is 67.1 Å². The highest BCUT2D eigenvalue weighted by molar-refractivity contribution is 7.19. The van der Waals surface area contributed by atoms with Crippen LogP contribution < -0.4 is 5.32 Å². The number of hydrogen-bond acceptors (Lipinski definition) is 5. The summed E-state index contributed by atoms with van der Waals surface area (Å²) in [6.07, 6.45) is 10.3. The minimum atomic E-state index is -0.521. The molecule has 0 bridgehead atoms. The average Bonchev–Trinajstić information content (AvgIpc) is 3.31. The van der Waals surface area contributed by atoms with E-state index >= 15 is 0 Å². The fourth-order valence-corrected chi connectivity index (χ4v) is 5.10. The molecule has 3 aliphatic rings. The highest BCUT2D eigenvalue weighted by Crippen LogP contribution is 2.43. The molecule has 2 fully saturated rings. The van der Waals surface area contributed by atoms with Gasteiger partial charge in [-0.1, -0.05) is 0 Å². The maximum atomic E-state index is 10.4. The third kappa shape index (κ3) is 2.45. The van der Waals surface area contributed by atoms with Crippen molar-refractivity contribution in [3.05, 3.63) is 16.3 Å². The highest BCUT2D eigenvalue weighted by Gasteiger charge is 2.35. The fourth-order valence-electron chi connectivity index (χ4n) is 3.84. The predicted octanol–water partition coefficient (Wildman–Crippen LogP) is 3.77. The van der Waals surface area contributed by atoms with E-state index in [1.807, 2.05) is 11.3 Å². The fraction of sp³-hybridized carbons (Fsp3) is 0.667. The zero-order valence-electron chi connectivity index (χ0n) is 13.4. The molecular formula is C18H23N3OS. The lowest BCUT2D eigenvalue weighted by Gasteiger charge is -2.36. The Morgan fingerprint density at radius 3 is 2.70 bits per heavy atom. The second kappa shape index (κ2) is 5.15. The van der Waals surface area contributed by atoms with Gasteiger partial charge in [0.2, 0.25) is 0 Å². The van der Waals surface area contributed by atoms with E-state index in [4.69, 9.17) is 9.97 Å². The first kappa shape index (κ1) is 14.2. The van der Waals surface area contributed by atoms with Gasteiger partial charge in [0.1, 0.15) is 16.5 Å². The summed E-state index contributed by atoms with van der Waals surface area (Å²) in [6.45, 7) is 0.619. The molecule has 0 saturated heterocycles. The van der Waals surface area contributed by atoms with E-state index in [0.29, 0.717) is 12.5 Å². The lowest BCUT2D eigenvalue weighted by Crippen LogP contribution is -2.43. The van der Waals surface area contributed by atoms with Gasteiger partial charge in [0.05, 0.1) is 11.0 Å². The Hall–Kier alpha value is -1.20. The largest absolute Gasteiger partial charge is 0.388 e. The van der Waals surface area contributed by atoms with Crippen LogP contribution in [0, 0.1) is 0 Å². The third-order valence-corrected chi connectivity index (χ3v) is 6.83. The molecule has 0 unspecified atom stereocenters. The lowest BCUT2D eigenvalue weighted by molar-refractivity contribution is -0.0202. The summed E-state index contributed by atoms with van der Waals surface area (Å²) in [7, 11) is 0. The van der Waals surface area contributed by atoms with Crippen LogP contribution in [0.4, 0.5) is 5.82 Å². The molecule has 2 saturated carbocycles. The van der Waals surface area contributed by atoms with Gasteiger partial charge in [0, 0.05) is 17.3 Å². The molecule has 0 aliphatic heterocycles. The molecular weight excluding hydrogens is 306 g/mol. The number of rotatable bonds is 4. The number of nitrogens with one attached hydrogen (secondary N) is 1. The summed E-state index contributed by atoms with van der Waals surface area (Å²) in [6, 6.07) is 0. The van der Waals surface area contributed by atoms with Crippen LogP contribution in [0.25, 0.3) is 10.2 Å². The van der Waals surface area contributed by atoms with Crippen molar-refractivity contribution in [1.29, 1.82) is 0 Å². The van der Waals surface area contributed by atoms with Crippen LogP contribution in [0.15, 0.2) is 0 Å². The van der Waals surface area contributed by atoms with Gasteiger partial charge >= 0.3 is 0 Å². The molecule has 2 aromatic rings. The molecule has 0 aromatic carbocycles. The standard InChI is InChI=1S/C18H23N3OS/c22-18(8-3-9-18)10-19-16-14-12-4-1-2-5-13(12)23-17(14)21-15(20-16)11-6-7-11/h11,22H,1-10H2,(H,19,20,21). The van der Waals surface area contributed by atoms with E-state index < -0.39 is 5.60 Å². The van der Waals surface area contributed by atoms with Crippen molar-refractivity contribution >= 4 is 27.4 Å². The molecule has 0 amide bonds. The van der Waals surface area contributed by atoms with Crippen LogP contribution in [0.5, 0.6) is 0 Å². The minimum Gasteiger partial charge on any atom is -0.388 e. The van der Waals surface area contributed by atoms with Crippen LogP contribution >= 0.6 is 11.3 Å². The lowest BCUT2D eigenvalue weighted by atomic mass is 9.80. The Balaban J connectivity index is 1.57. The second-order valence-corrected chi connectivity index (χ2v) is 8.61. The van der Waals surface area contributed by atoms with Gasteiger partial charge in [-0.25, -0.2) is 9.97 Å². The third-order valence-electron chi connectivity index (χ3n) is 5.64. The Labute approximate surface area is 140 Å². The zero-order chi connectivity index (χ0) is 15.4. The first-order valence-corrected chi connectivity index (χ1v) is 9.82. The van der Waals surface area contributed by atoms with E-state index in [1.54, 1.807) is 0 Å². The summed E-state index contributed by atoms with van der Waals surface area (Å²) in [5, 5.41) is 15.2. The maximum absolute atomic E-state index is 10.4. The Kier molecular flexibility index (Phi) is 3.17. The second-order valence-electron chi connectivity index (χ2n) is 7.53. The van der Waals surface area contributed by atoms with Crippen molar-refractivity contribution in [1.82, 2.24) is 9.97 Å². The van der Waals surface area contributed by atoms with E-state index in [1.165, 1.54) is 47.9 Å². The molecule has 5 rings (SSSR count). The molecule has 0 atom stereocenters. The van der Waals surface area contributed by atoms with Gasteiger partial charge < -0.3 is 10.4 Å². The van der Waals surface area contributed by atoms with Crippen molar-refractivity contribution in [3.63, 3.8) is 0 Å². The normalized spacial score (nSPS) is 22.7. The summed E-state index contributed by atoms with van der Waals surface area (Å²) >= 11 is 1.87. The van der Waals surface area contributed by atoms with Gasteiger partial charge in [-0.3, -0.25) is 0 Å². The Bertz CT molecular complexity index is 761. The molecule has 2 N–H and O–H groups in total. The molecule has 122 valence electrons. The quantitative estimate of drug-likeness (QED) is 0.896. The number of anilines is 1. The van der Waals surface area contributed by atoms with Crippen molar-refractivity contribution in [2.75, 3.05) is 11.9 Å². The number of aryl methyl sites for hydroxylation is 2. The van der Waals surface area contributed by atoms with Crippen molar-refractivity contribution in [2.24, 2.45) is 0 Å². The van der Waals surface area contributed by atoms with Crippen LogP contribution in [-0.4, -0.2) is 27.2 Å². The van der Waals surface area contributed by atoms with Crippen molar-refractivity contribution in [3.8, 4) is 0 Å². The van der Waals surface area contributed by atoms with Crippen molar-refractivity contribution in [2.45, 2.75) is 69.3 Å². The van der Waals surface area contributed by atoms with E-state index in [-0.39, 0.29) is 0 Å². The number of fused-ring (bicyclic) bond motifs is 3. The first-order valence-electron chi connectivity index (χ1n) is 9.00. The molecule has 0 spiro atoms. The van der Waals surface area contributed by atoms with Gasteiger partial charge in [0.25, 0.3) is 0 Å².